The summed E-state index contributed by atoms with van der Waals surface area (Å²) in [7, 11) is 0. The maximum absolute atomic E-state index is 13.0. The SMILES string of the molecule is CCCOc1ccc(F)cc1C(N)CN. The number of hydrogen-bond donors (Lipinski definition) is 2. The van der Waals surface area contributed by atoms with Gasteiger partial charge in [-0.25, -0.2) is 4.39 Å². The third-order valence-corrected chi connectivity index (χ3v) is 2.09. The predicted molar refractivity (Wildman–Crippen MR) is 58.2 cm³/mol. The van der Waals surface area contributed by atoms with Crippen LogP contribution in [-0.4, -0.2) is 13.2 Å². The number of rotatable bonds is 5. The molecule has 0 saturated heterocycles. The summed E-state index contributed by atoms with van der Waals surface area (Å²) in [6.07, 6.45) is 0.897. The molecule has 84 valence electrons. The molecule has 0 spiro atoms. The van der Waals surface area contributed by atoms with Gasteiger partial charge in [-0.2, -0.15) is 0 Å². The van der Waals surface area contributed by atoms with Crippen LogP contribution >= 0.6 is 0 Å². The molecule has 0 aromatic heterocycles. The summed E-state index contributed by atoms with van der Waals surface area (Å²) < 4.78 is 18.5. The molecule has 3 nitrogen and oxygen atoms in total. The van der Waals surface area contributed by atoms with Crippen LogP contribution in [0.1, 0.15) is 24.9 Å². The first-order valence-corrected chi connectivity index (χ1v) is 5.07. The van der Waals surface area contributed by atoms with E-state index in [-0.39, 0.29) is 18.4 Å². The van der Waals surface area contributed by atoms with Gasteiger partial charge in [0.1, 0.15) is 11.6 Å². The fraction of sp³-hybridized carbons (Fsp3) is 0.455. The topological polar surface area (TPSA) is 61.3 Å². The van der Waals surface area contributed by atoms with Crippen LogP contribution in [-0.2, 0) is 0 Å². The smallest absolute Gasteiger partial charge is 0.124 e. The van der Waals surface area contributed by atoms with Crippen LogP contribution in [0.4, 0.5) is 4.39 Å². The first-order chi connectivity index (χ1) is 7.19. The lowest BCUT2D eigenvalue weighted by atomic mass is 10.1. The lowest BCUT2D eigenvalue weighted by Crippen LogP contribution is -2.21. The van der Waals surface area contributed by atoms with Crippen molar-refractivity contribution in [3.8, 4) is 5.75 Å². The number of hydrogen-bond acceptors (Lipinski definition) is 3. The predicted octanol–water partition coefficient (Wildman–Crippen LogP) is 1.57. The molecule has 0 aliphatic carbocycles. The van der Waals surface area contributed by atoms with Crippen molar-refractivity contribution in [1.82, 2.24) is 0 Å². The normalized spacial score (nSPS) is 12.5. The second-order valence-corrected chi connectivity index (χ2v) is 3.37. The molecule has 1 atom stereocenters. The average Bonchev–Trinajstić information content (AvgIpc) is 2.26. The van der Waals surface area contributed by atoms with Gasteiger partial charge >= 0.3 is 0 Å². The van der Waals surface area contributed by atoms with Gasteiger partial charge in [0.05, 0.1) is 6.61 Å². The van der Waals surface area contributed by atoms with Gasteiger partial charge in [0.15, 0.2) is 0 Å². The zero-order chi connectivity index (χ0) is 11.3. The maximum atomic E-state index is 13.0. The average molecular weight is 212 g/mol. The molecule has 0 radical (unpaired) electrons. The van der Waals surface area contributed by atoms with Gasteiger partial charge in [0.2, 0.25) is 0 Å². The van der Waals surface area contributed by atoms with Gasteiger partial charge in [0, 0.05) is 18.2 Å². The summed E-state index contributed by atoms with van der Waals surface area (Å²) in [5.41, 5.74) is 11.8. The second-order valence-electron chi connectivity index (χ2n) is 3.37. The van der Waals surface area contributed by atoms with Crippen molar-refractivity contribution >= 4 is 0 Å². The molecule has 0 amide bonds. The summed E-state index contributed by atoms with van der Waals surface area (Å²) in [4.78, 5) is 0. The standard InChI is InChI=1S/C11H17FN2O/c1-2-5-15-11-4-3-8(12)6-9(11)10(14)7-13/h3-4,6,10H,2,5,7,13-14H2,1H3. The third kappa shape index (κ3) is 3.18. The highest BCUT2D eigenvalue weighted by atomic mass is 19.1. The Morgan fingerprint density at radius 2 is 2.20 bits per heavy atom. The Kier molecular flexibility index (Phi) is 4.52. The van der Waals surface area contributed by atoms with Crippen LogP contribution in [0.2, 0.25) is 0 Å². The lowest BCUT2D eigenvalue weighted by Gasteiger charge is -2.15. The molecule has 0 aliphatic heterocycles. The van der Waals surface area contributed by atoms with Crippen molar-refractivity contribution in [1.29, 1.82) is 0 Å². The van der Waals surface area contributed by atoms with Crippen molar-refractivity contribution in [3.63, 3.8) is 0 Å². The fourth-order valence-electron chi connectivity index (χ4n) is 1.28. The molecule has 0 fully saturated rings. The van der Waals surface area contributed by atoms with E-state index < -0.39 is 0 Å². The second kappa shape index (κ2) is 5.68. The molecule has 1 rings (SSSR count). The largest absolute Gasteiger partial charge is 0.493 e. The summed E-state index contributed by atoms with van der Waals surface area (Å²) in [6.45, 7) is 2.87. The highest BCUT2D eigenvalue weighted by molar-refractivity contribution is 5.36. The molecule has 0 heterocycles. The lowest BCUT2D eigenvalue weighted by molar-refractivity contribution is 0.311. The van der Waals surface area contributed by atoms with E-state index in [0.717, 1.165) is 6.42 Å². The zero-order valence-corrected chi connectivity index (χ0v) is 8.87. The minimum atomic E-state index is -0.382. The molecule has 1 unspecified atom stereocenters. The van der Waals surface area contributed by atoms with Crippen LogP contribution < -0.4 is 16.2 Å². The van der Waals surface area contributed by atoms with Gasteiger partial charge in [-0.1, -0.05) is 6.92 Å². The highest BCUT2D eigenvalue weighted by Crippen LogP contribution is 2.24. The molecule has 0 aliphatic rings. The monoisotopic (exact) mass is 212 g/mol. The first kappa shape index (κ1) is 11.9. The molecule has 15 heavy (non-hydrogen) atoms. The number of benzene rings is 1. The Morgan fingerprint density at radius 1 is 1.47 bits per heavy atom. The van der Waals surface area contributed by atoms with Gasteiger partial charge in [-0.15, -0.1) is 0 Å². The van der Waals surface area contributed by atoms with Gasteiger partial charge < -0.3 is 16.2 Å². The number of nitrogens with two attached hydrogens (primary N) is 2. The molecule has 4 N–H and O–H groups in total. The van der Waals surface area contributed by atoms with Gasteiger partial charge in [-0.05, 0) is 24.6 Å². The van der Waals surface area contributed by atoms with E-state index in [1.54, 1.807) is 6.07 Å². The van der Waals surface area contributed by atoms with Crippen LogP contribution in [0.15, 0.2) is 18.2 Å². The van der Waals surface area contributed by atoms with Crippen molar-refractivity contribution in [2.45, 2.75) is 19.4 Å². The molecule has 0 bridgehead atoms. The first-order valence-electron chi connectivity index (χ1n) is 5.07. The van der Waals surface area contributed by atoms with Gasteiger partial charge in [0.25, 0.3) is 0 Å². The van der Waals surface area contributed by atoms with Crippen molar-refractivity contribution in [2.75, 3.05) is 13.2 Å². The molecule has 1 aromatic rings. The van der Waals surface area contributed by atoms with E-state index >= 15 is 0 Å². The Bertz CT molecular complexity index is 317. The summed E-state index contributed by atoms with van der Waals surface area (Å²) >= 11 is 0. The van der Waals surface area contributed by atoms with Crippen molar-refractivity contribution in [2.24, 2.45) is 11.5 Å². The Balaban J connectivity index is 2.92. The molecular weight excluding hydrogens is 195 g/mol. The highest BCUT2D eigenvalue weighted by Gasteiger charge is 2.11. The van der Waals surface area contributed by atoms with Crippen molar-refractivity contribution < 1.29 is 9.13 Å². The van der Waals surface area contributed by atoms with E-state index in [9.17, 15) is 4.39 Å². The summed E-state index contributed by atoms with van der Waals surface area (Å²) in [5.74, 6) is 0.300. The summed E-state index contributed by atoms with van der Waals surface area (Å²) in [6, 6.07) is 3.95. The van der Waals surface area contributed by atoms with Crippen LogP contribution in [0.5, 0.6) is 5.75 Å². The molecular formula is C11H17FN2O. The Morgan fingerprint density at radius 3 is 2.80 bits per heavy atom. The number of ether oxygens (including phenoxy) is 1. The quantitative estimate of drug-likeness (QED) is 0.778. The molecule has 0 saturated carbocycles. The van der Waals surface area contributed by atoms with Crippen LogP contribution in [0.3, 0.4) is 0 Å². The zero-order valence-electron chi connectivity index (χ0n) is 8.87. The van der Waals surface area contributed by atoms with E-state index in [2.05, 4.69) is 0 Å². The van der Waals surface area contributed by atoms with E-state index in [1.807, 2.05) is 6.92 Å². The van der Waals surface area contributed by atoms with E-state index in [0.29, 0.717) is 17.9 Å². The Hall–Kier alpha value is -1.13. The van der Waals surface area contributed by atoms with Crippen LogP contribution in [0.25, 0.3) is 0 Å². The Labute approximate surface area is 89.2 Å². The van der Waals surface area contributed by atoms with Gasteiger partial charge in [-0.3, -0.25) is 0 Å². The summed E-state index contributed by atoms with van der Waals surface area (Å²) in [5, 5.41) is 0. The number of halogens is 1. The van der Waals surface area contributed by atoms with E-state index in [4.69, 9.17) is 16.2 Å². The minimum Gasteiger partial charge on any atom is -0.493 e. The van der Waals surface area contributed by atoms with Crippen molar-refractivity contribution in [3.05, 3.63) is 29.6 Å². The molecule has 1 aromatic carbocycles. The third-order valence-electron chi connectivity index (χ3n) is 2.09. The fourth-order valence-corrected chi connectivity index (χ4v) is 1.28. The maximum Gasteiger partial charge on any atom is 0.124 e. The minimum absolute atomic E-state index is 0.270. The van der Waals surface area contributed by atoms with E-state index in [1.165, 1.54) is 12.1 Å². The van der Waals surface area contributed by atoms with Crippen LogP contribution in [0, 0.1) is 5.82 Å². The molecule has 4 heteroatoms.